The van der Waals surface area contributed by atoms with E-state index in [1.54, 1.807) is 5.38 Å². The van der Waals surface area contributed by atoms with Gasteiger partial charge in [0.2, 0.25) is 0 Å². The first-order valence-corrected chi connectivity index (χ1v) is 8.77. The molecule has 0 amide bonds. The molecule has 0 bridgehead atoms. The summed E-state index contributed by atoms with van der Waals surface area (Å²) in [5.41, 5.74) is 0.572. The molecule has 0 aliphatic rings. The first-order valence-electron chi connectivity index (χ1n) is 7.89. The monoisotopic (exact) mass is 372 g/mol. The van der Waals surface area contributed by atoms with Crippen molar-refractivity contribution in [3.8, 4) is 10.6 Å². The fourth-order valence-electron chi connectivity index (χ4n) is 2.27. The average Bonchev–Trinajstić information content (AvgIpc) is 3.03. The van der Waals surface area contributed by atoms with Gasteiger partial charge < -0.3 is 5.11 Å². The van der Waals surface area contributed by atoms with Crippen molar-refractivity contribution in [3.05, 3.63) is 40.9 Å². The molecule has 0 fully saturated rings. The molecule has 136 valence electrons. The van der Waals surface area contributed by atoms with Crippen LogP contribution in [0.25, 0.3) is 10.6 Å². The molecule has 25 heavy (non-hydrogen) atoms. The Kier molecular flexibility index (Phi) is 6.55. The van der Waals surface area contributed by atoms with Gasteiger partial charge in [0.05, 0.1) is 11.3 Å². The van der Waals surface area contributed by atoms with Crippen molar-refractivity contribution < 1.29 is 23.1 Å². The summed E-state index contributed by atoms with van der Waals surface area (Å²) in [4.78, 5) is 15.6. The summed E-state index contributed by atoms with van der Waals surface area (Å²) in [6.07, 6.45) is -2.08. The summed E-state index contributed by atoms with van der Waals surface area (Å²) >= 11 is 1.31. The maximum atomic E-state index is 12.6. The van der Waals surface area contributed by atoms with Gasteiger partial charge in [-0.2, -0.15) is 13.2 Å². The fraction of sp³-hybridized carbons (Fsp3) is 0.412. The van der Waals surface area contributed by atoms with Gasteiger partial charge in [-0.1, -0.05) is 31.9 Å². The van der Waals surface area contributed by atoms with Gasteiger partial charge in [-0.25, -0.2) is 4.98 Å². The summed E-state index contributed by atoms with van der Waals surface area (Å²) in [6, 6.07) is 4.20. The number of carboxylic acid groups (broad SMARTS) is 1. The summed E-state index contributed by atoms with van der Waals surface area (Å²) in [5, 5.41) is 14.5. The molecular weight excluding hydrogens is 353 g/mol. The van der Waals surface area contributed by atoms with E-state index in [2.05, 4.69) is 10.3 Å². The molecule has 0 radical (unpaired) electrons. The van der Waals surface area contributed by atoms with Gasteiger partial charge in [0.25, 0.3) is 0 Å². The zero-order valence-corrected chi connectivity index (χ0v) is 14.5. The van der Waals surface area contributed by atoms with Crippen LogP contribution in [-0.2, 0) is 17.5 Å². The normalized spacial score (nSPS) is 13.0. The van der Waals surface area contributed by atoms with Crippen LogP contribution >= 0.6 is 11.3 Å². The largest absolute Gasteiger partial charge is 0.480 e. The van der Waals surface area contributed by atoms with Crippen molar-refractivity contribution in [2.24, 2.45) is 0 Å². The van der Waals surface area contributed by atoms with E-state index in [1.807, 2.05) is 6.92 Å². The number of aliphatic carboxylic acids is 1. The number of nitrogens with one attached hydrogen (secondary N) is 1. The molecule has 1 aromatic carbocycles. The third-order valence-corrected chi connectivity index (χ3v) is 4.63. The van der Waals surface area contributed by atoms with Crippen LogP contribution in [0.5, 0.6) is 0 Å². The molecule has 0 aliphatic heterocycles. The summed E-state index contributed by atoms with van der Waals surface area (Å²) in [6.45, 7) is 2.30. The first-order chi connectivity index (χ1) is 11.8. The van der Waals surface area contributed by atoms with E-state index < -0.39 is 23.8 Å². The van der Waals surface area contributed by atoms with Gasteiger partial charge in [-0.15, -0.1) is 11.3 Å². The lowest BCUT2D eigenvalue weighted by Gasteiger charge is -2.12. The molecule has 2 rings (SSSR count). The van der Waals surface area contributed by atoms with E-state index in [0.29, 0.717) is 29.2 Å². The van der Waals surface area contributed by atoms with Crippen molar-refractivity contribution in [3.63, 3.8) is 0 Å². The zero-order valence-electron chi connectivity index (χ0n) is 13.6. The quantitative estimate of drug-likeness (QED) is 0.713. The topological polar surface area (TPSA) is 62.2 Å². The average molecular weight is 372 g/mol. The maximum absolute atomic E-state index is 12.6. The van der Waals surface area contributed by atoms with Crippen molar-refractivity contribution >= 4 is 17.3 Å². The molecule has 1 aromatic heterocycles. The van der Waals surface area contributed by atoms with Crippen LogP contribution < -0.4 is 5.32 Å². The Hall–Kier alpha value is -1.93. The lowest BCUT2D eigenvalue weighted by atomic mass is 10.1. The van der Waals surface area contributed by atoms with Crippen molar-refractivity contribution in [2.75, 3.05) is 0 Å². The van der Waals surface area contributed by atoms with Crippen LogP contribution in [0.1, 0.15) is 37.4 Å². The molecule has 1 atom stereocenters. The van der Waals surface area contributed by atoms with E-state index in [0.717, 1.165) is 25.0 Å². The van der Waals surface area contributed by atoms with Gasteiger partial charge >= 0.3 is 12.1 Å². The van der Waals surface area contributed by atoms with Crippen LogP contribution in [0, 0.1) is 0 Å². The number of rotatable bonds is 8. The number of benzene rings is 1. The lowest BCUT2D eigenvalue weighted by Crippen LogP contribution is -2.36. The number of thiazole rings is 1. The Morgan fingerprint density at radius 1 is 1.32 bits per heavy atom. The fourth-order valence-corrected chi connectivity index (χ4v) is 3.10. The van der Waals surface area contributed by atoms with E-state index >= 15 is 0 Å². The van der Waals surface area contributed by atoms with Crippen molar-refractivity contribution in [1.29, 1.82) is 0 Å². The molecule has 0 saturated heterocycles. The highest BCUT2D eigenvalue weighted by atomic mass is 32.1. The van der Waals surface area contributed by atoms with Crippen molar-refractivity contribution in [2.45, 2.75) is 44.9 Å². The van der Waals surface area contributed by atoms with E-state index in [1.165, 1.54) is 23.5 Å². The Labute approximate surface area is 147 Å². The molecule has 0 aliphatic carbocycles. The second-order valence-corrected chi connectivity index (χ2v) is 6.49. The van der Waals surface area contributed by atoms with Gasteiger partial charge in [0, 0.05) is 17.5 Å². The molecule has 0 spiro atoms. The number of hydrogen-bond donors (Lipinski definition) is 2. The maximum Gasteiger partial charge on any atom is 0.416 e. The number of carbonyl (C=O) groups is 1. The van der Waals surface area contributed by atoms with Crippen LogP contribution in [0.3, 0.4) is 0 Å². The summed E-state index contributed by atoms with van der Waals surface area (Å²) in [7, 11) is 0. The number of hydrogen-bond acceptors (Lipinski definition) is 4. The number of unbranched alkanes of at least 4 members (excludes halogenated alkanes) is 1. The third kappa shape index (κ3) is 5.54. The van der Waals surface area contributed by atoms with Crippen LogP contribution in [0.15, 0.2) is 29.6 Å². The van der Waals surface area contributed by atoms with E-state index in [4.69, 9.17) is 0 Å². The van der Waals surface area contributed by atoms with Gasteiger partial charge in [-0.3, -0.25) is 10.1 Å². The minimum absolute atomic E-state index is 0.303. The van der Waals surface area contributed by atoms with Crippen LogP contribution in [0.2, 0.25) is 0 Å². The van der Waals surface area contributed by atoms with Gasteiger partial charge in [0.15, 0.2) is 0 Å². The number of nitrogens with zero attached hydrogens (tertiary/aromatic N) is 1. The third-order valence-electron chi connectivity index (χ3n) is 3.68. The molecular formula is C17H19F3N2O2S. The van der Waals surface area contributed by atoms with Gasteiger partial charge in [0.1, 0.15) is 11.0 Å². The molecule has 2 aromatic rings. The summed E-state index contributed by atoms with van der Waals surface area (Å²) < 4.78 is 37.8. The first kappa shape index (κ1) is 19.4. The Morgan fingerprint density at radius 3 is 2.56 bits per heavy atom. The highest BCUT2D eigenvalue weighted by molar-refractivity contribution is 7.13. The van der Waals surface area contributed by atoms with Gasteiger partial charge in [-0.05, 0) is 18.6 Å². The Morgan fingerprint density at radius 2 is 2.00 bits per heavy atom. The van der Waals surface area contributed by atoms with Crippen LogP contribution in [0.4, 0.5) is 13.2 Å². The van der Waals surface area contributed by atoms with Crippen LogP contribution in [-0.4, -0.2) is 22.1 Å². The minimum atomic E-state index is -4.36. The number of alkyl halides is 3. The molecule has 1 unspecified atom stereocenters. The van der Waals surface area contributed by atoms with Crippen molar-refractivity contribution in [1.82, 2.24) is 10.3 Å². The zero-order chi connectivity index (χ0) is 18.4. The second-order valence-electron chi connectivity index (χ2n) is 5.63. The Balaban J connectivity index is 2.01. The molecule has 2 N–H and O–H groups in total. The van der Waals surface area contributed by atoms with E-state index in [9.17, 15) is 23.1 Å². The molecule has 8 heteroatoms. The highest BCUT2D eigenvalue weighted by Gasteiger charge is 2.30. The number of aromatic nitrogens is 1. The summed E-state index contributed by atoms with van der Waals surface area (Å²) in [5.74, 6) is -0.897. The minimum Gasteiger partial charge on any atom is -0.480 e. The highest BCUT2D eigenvalue weighted by Crippen LogP contribution is 2.31. The number of carboxylic acids is 1. The SMILES string of the molecule is CCCCC(NCc1csc(-c2ccc(C(F)(F)F)cc2)n1)C(=O)O. The predicted molar refractivity (Wildman–Crippen MR) is 90.3 cm³/mol. The molecule has 0 saturated carbocycles. The molecule has 4 nitrogen and oxygen atoms in total. The lowest BCUT2D eigenvalue weighted by molar-refractivity contribution is -0.140. The second kappa shape index (κ2) is 8.44. The molecule has 1 heterocycles. The Bertz CT molecular complexity index is 699. The standard InChI is InChI=1S/C17H19F3N2O2S/c1-2-3-4-14(16(23)24)21-9-13-10-25-15(22-13)11-5-7-12(8-6-11)17(18,19)20/h5-8,10,14,21H,2-4,9H2,1H3,(H,23,24). The smallest absolute Gasteiger partial charge is 0.416 e. The van der Waals surface area contributed by atoms with E-state index in [-0.39, 0.29) is 0 Å². The predicted octanol–water partition coefficient (Wildman–Crippen LogP) is 4.56. The number of halogens is 3.